The lowest BCUT2D eigenvalue weighted by atomic mass is 10.1. The Hall–Kier alpha value is -1.31. The van der Waals surface area contributed by atoms with Gasteiger partial charge in [-0.05, 0) is 37.1 Å². The molecule has 94 valence electrons. The van der Waals surface area contributed by atoms with Crippen LogP contribution in [-0.2, 0) is 0 Å². The second kappa shape index (κ2) is 7.88. The molecule has 0 unspecified atom stereocenters. The molecule has 0 aliphatic rings. The summed E-state index contributed by atoms with van der Waals surface area (Å²) in [7, 11) is 0. The number of aldehydes is 1. The molecule has 0 amide bonds. The van der Waals surface area contributed by atoms with E-state index >= 15 is 0 Å². The van der Waals surface area contributed by atoms with Gasteiger partial charge in [0.1, 0.15) is 12.0 Å². The molecule has 0 radical (unpaired) electrons. The summed E-state index contributed by atoms with van der Waals surface area (Å²) in [5, 5.41) is 0. The third kappa shape index (κ3) is 5.03. The lowest BCUT2D eigenvalue weighted by Gasteiger charge is -2.07. The molecule has 0 aliphatic carbocycles. The van der Waals surface area contributed by atoms with E-state index in [9.17, 15) is 4.79 Å². The van der Waals surface area contributed by atoms with E-state index < -0.39 is 0 Å². The molecule has 0 saturated carbocycles. The van der Waals surface area contributed by atoms with Crippen LogP contribution in [0.5, 0.6) is 5.75 Å². The van der Waals surface area contributed by atoms with E-state index in [0.29, 0.717) is 0 Å². The molecule has 17 heavy (non-hydrogen) atoms. The van der Waals surface area contributed by atoms with E-state index in [4.69, 9.17) is 4.74 Å². The summed E-state index contributed by atoms with van der Waals surface area (Å²) in [5.74, 6) is 0.864. The van der Waals surface area contributed by atoms with Gasteiger partial charge in [-0.15, -0.1) is 0 Å². The molecule has 1 aromatic carbocycles. The van der Waals surface area contributed by atoms with Crippen molar-refractivity contribution in [3.05, 3.63) is 29.3 Å². The molecule has 2 heteroatoms. The highest BCUT2D eigenvalue weighted by Crippen LogP contribution is 2.16. The molecule has 0 fully saturated rings. The minimum Gasteiger partial charge on any atom is -0.494 e. The molecule has 2 nitrogen and oxygen atoms in total. The van der Waals surface area contributed by atoms with Gasteiger partial charge in [-0.2, -0.15) is 0 Å². The lowest BCUT2D eigenvalue weighted by Crippen LogP contribution is -1.98. The fraction of sp³-hybridized carbons (Fsp3) is 0.533. The van der Waals surface area contributed by atoms with Crippen molar-refractivity contribution in [2.75, 3.05) is 6.61 Å². The van der Waals surface area contributed by atoms with Crippen LogP contribution in [0.4, 0.5) is 0 Å². The molecule has 0 saturated heterocycles. The van der Waals surface area contributed by atoms with Crippen LogP contribution in [-0.4, -0.2) is 12.9 Å². The van der Waals surface area contributed by atoms with Gasteiger partial charge in [0.15, 0.2) is 0 Å². The Balaban J connectivity index is 2.27. The molecule has 1 aromatic rings. The van der Waals surface area contributed by atoms with Crippen LogP contribution in [0.3, 0.4) is 0 Å². The van der Waals surface area contributed by atoms with Gasteiger partial charge in [0.2, 0.25) is 0 Å². The smallest absolute Gasteiger partial charge is 0.150 e. The van der Waals surface area contributed by atoms with Crippen LogP contribution in [0.1, 0.15) is 54.9 Å². The minimum atomic E-state index is 0.736. The summed E-state index contributed by atoms with van der Waals surface area (Å²) < 4.78 is 5.65. The SMILES string of the molecule is CCCCCCCOc1ccc(C=O)c(C)c1. The number of unbranched alkanes of at least 4 members (excludes halogenated alkanes) is 4. The zero-order valence-electron chi connectivity index (χ0n) is 10.9. The average Bonchev–Trinajstić information content (AvgIpc) is 2.34. The number of hydrogen-bond donors (Lipinski definition) is 0. The van der Waals surface area contributed by atoms with Crippen LogP contribution in [0.2, 0.25) is 0 Å². The molecular formula is C15H22O2. The largest absolute Gasteiger partial charge is 0.494 e. The highest BCUT2D eigenvalue weighted by molar-refractivity contribution is 5.77. The van der Waals surface area contributed by atoms with Gasteiger partial charge in [0.05, 0.1) is 6.61 Å². The Labute approximate surface area is 104 Å². The van der Waals surface area contributed by atoms with Crippen molar-refractivity contribution in [1.29, 1.82) is 0 Å². The van der Waals surface area contributed by atoms with Gasteiger partial charge < -0.3 is 4.74 Å². The zero-order chi connectivity index (χ0) is 12.5. The van der Waals surface area contributed by atoms with Crippen molar-refractivity contribution in [2.24, 2.45) is 0 Å². The van der Waals surface area contributed by atoms with Gasteiger partial charge in [-0.25, -0.2) is 0 Å². The fourth-order valence-electron chi connectivity index (χ4n) is 1.77. The second-order valence-electron chi connectivity index (χ2n) is 4.40. The van der Waals surface area contributed by atoms with Crippen molar-refractivity contribution in [2.45, 2.75) is 46.0 Å². The number of rotatable bonds is 8. The van der Waals surface area contributed by atoms with Crippen LogP contribution in [0.25, 0.3) is 0 Å². The molecule has 1 rings (SSSR count). The molecule has 0 aromatic heterocycles. The Morgan fingerprint density at radius 2 is 1.94 bits per heavy atom. The van der Waals surface area contributed by atoms with E-state index in [0.717, 1.165) is 36.2 Å². The monoisotopic (exact) mass is 234 g/mol. The van der Waals surface area contributed by atoms with Crippen LogP contribution >= 0.6 is 0 Å². The summed E-state index contributed by atoms with van der Waals surface area (Å²) in [5.41, 5.74) is 1.71. The third-order valence-corrected chi connectivity index (χ3v) is 2.88. The summed E-state index contributed by atoms with van der Waals surface area (Å²) >= 11 is 0. The minimum absolute atomic E-state index is 0.736. The lowest BCUT2D eigenvalue weighted by molar-refractivity contribution is 0.112. The molecule has 0 N–H and O–H groups in total. The van der Waals surface area contributed by atoms with Gasteiger partial charge in [0, 0.05) is 5.56 Å². The second-order valence-corrected chi connectivity index (χ2v) is 4.40. The Morgan fingerprint density at radius 3 is 2.59 bits per heavy atom. The number of carbonyl (C=O) groups is 1. The van der Waals surface area contributed by atoms with Crippen molar-refractivity contribution < 1.29 is 9.53 Å². The third-order valence-electron chi connectivity index (χ3n) is 2.88. The maximum absolute atomic E-state index is 10.7. The first-order valence-corrected chi connectivity index (χ1v) is 6.46. The van der Waals surface area contributed by atoms with Crippen LogP contribution < -0.4 is 4.74 Å². The quantitative estimate of drug-likeness (QED) is 0.499. The standard InChI is InChI=1S/C15H22O2/c1-3-4-5-6-7-10-17-15-9-8-14(12-16)13(2)11-15/h8-9,11-12H,3-7,10H2,1-2H3. The van der Waals surface area contributed by atoms with Gasteiger partial charge in [-0.1, -0.05) is 32.6 Å². The van der Waals surface area contributed by atoms with E-state index in [2.05, 4.69) is 6.92 Å². The van der Waals surface area contributed by atoms with Crippen LogP contribution in [0.15, 0.2) is 18.2 Å². The van der Waals surface area contributed by atoms with Crippen molar-refractivity contribution in [1.82, 2.24) is 0 Å². The maximum atomic E-state index is 10.7. The molecular weight excluding hydrogens is 212 g/mol. The fourth-order valence-corrected chi connectivity index (χ4v) is 1.77. The van der Waals surface area contributed by atoms with Gasteiger partial charge in [-0.3, -0.25) is 4.79 Å². The summed E-state index contributed by atoms with van der Waals surface area (Å²) in [4.78, 5) is 10.7. The van der Waals surface area contributed by atoms with E-state index in [-0.39, 0.29) is 0 Å². The Kier molecular flexibility index (Phi) is 6.38. The van der Waals surface area contributed by atoms with E-state index in [1.807, 2.05) is 25.1 Å². The topological polar surface area (TPSA) is 26.3 Å². The zero-order valence-corrected chi connectivity index (χ0v) is 10.9. The van der Waals surface area contributed by atoms with Gasteiger partial charge >= 0.3 is 0 Å². The highest BCUT2D eigenvalue weighted by Gasteiger charge is 1.99. The van der Waals surface area contributed by atoms with Gasteiger partial charge in [0.25, 0.3) is 0 Å². The maximum Gasteiger partial charge on any atom is 0.150 e. The molecule has 0 bridgehead atoms. The first kappa shape index (κ1) is 13.8. The normalized spacial score (nSPS) is 10.2. The first-order valence-electron chi connectivity index (χ1n) is 6.46. The molecule has 0 aliphatic heterocycles. The number of benzene rings is 1. The van der Waals surface area contributed by atoms with E-state index in [1.165, 1.54) is 25.7 Å². The molecule has 0 atom stereocenters. The number of carbonyl (C=O) groups excluding carboxylic acids is 1. The molecule has 0 spiro atoms. The van der Waals surface area contributed by atoms with Crippen molar-refractivity contribution in [3.8, 4) is 5.75 Å². The average molecular weight is 234 g/mol. The van der Waals surface area contributed by atoms with Crippen LogP contribution in [0, 0.1) is 6.92 Å². The predicted molar refractivity (Wildman–Crippen MR) is 70.8 cm³/mol. The first-order chi connectivity index (χ1) is 8.27. The number of ether oxygens (including phenoxy) is 1. The van der Waals surface area contributed by atoms with Crippen molar-refractivity contribution in [3.63, 3.8) is 0 Å². The number of hydrogen-bond acceptors (Lipinski definition) is 2. The Bertz CT molecular complexity index is 345. The summed E-state index contributed by atoms with van der Waals surface area (Å²) in [6.45, 7) is 4.91. The van der Waals surface area contributed by atoms with E-state index in [1.54, 1.807) is 0 Å². The number of aryl methyl sites for hydroxylation is 1. The Morgan fingerprint density at radius 1 is 1.18 bits per heavy atom. The summed E-state index contributed by atoms with van der Waals surface area (Å²) in [6.07, 6.45) is 7.10. The predicted octanol–water partition coefficient (Wildman–Crippen LogP) is 4.16. The van der Waals surface area contributed by atoms with Crippen molar-refractivity contribution >= 4 is 6.29 Å². The molecule has 0 heterocycles. The summed E-state index contributed by atoms with van der Waals surface area (Å²) in [6, 6.07) is 5.60. The highest BCUT2D eigenvalue weighted by atomic mass is 16.5.